The fraction of sp³-hybridized carbons (Fsp3) is 0. The lowest BCUT2D eigenvalue weighted by Gasteiger charge is -2.20. The molecule has 0 N–H and O–H groups in total. The number of hydrogen-bond donors (Lipinski definition) is 0. The van der Waals surface area contributed by atoms with E-state index in [1.165, 1.54) is 21.7 Å². The largest absolute Gasteiger partial charge is 0.317 e. The number of para-hydroxylation sites is 2. The van der Waals surface area contributed by atoms with Crippen molar-refractivity contribution in [1.82, 2.24) is 9.13 Å². The summed E-state index contributed by atoms with van der Waals surface area (Å²) in [7, 11) is -3.04. The van der Waals surface area contributed by atoms with Crippen LogP contribution in [0.25, 0.3) is 44.1 Å². The Morgan fingerprint density at radius 3 is 1.60 bits per heavy atom. The summed E-state index contributed by atoms with van der Waals surface area (Å²) in [5, 5.41) is 6.18. The molecule has 200 valence electrons. The first-order valence-electron chi connectivity index (χ1n) is 14.1. The second-order valence-electron chi connectivity index (χ2n) is 10.6. The summed E-state index contributed by atoms with van der Waals surface area (Å²) in [6, 6.07) is 53.7. The Morgan fingerprint density at radius 1 is 0.405 bits per heavy atom. The van der Waals surface area contributed by atoms with E-state index in [0.717, 1.165) is 38.3 Å². The molecule has 0 fully saturated rings. The molecule has 2 heterocycles. The molecular formula is C38H27N2OP. The van der Waals surface area contributed by atoms with Crippen molar-refractivity contribution in [1.29, 1.82) is 0 Å². The Bertz CT molecular complexity index is 2200. The van der Waals surface area contributed by atoms with E-state index in [1.807, 2.05) is 78.9 Å². The maximum absolute atomic E-state index is 14.9. The Labute approximate surface area is 244 Å². The lowest BCUT2D eigenvalue weighted by molar-refractivity contribution is 0.592. The second kappa shape index (κ2) is 9.76. The fourth-order valence-corrected chi connectivity index (χ4v) is 8.96. The smallest absolute Gasteiger partial charge is 0.171 e. The molecule has 0 amide bonds. The third-order valence-corrected chi connectivity index (χ3v) is 11.3. The first-order chi connectivity index (χ1) is 20.7. The van der Waals surface area contributed by atoms with Gasteiger partial charge in [-0.15, -0.1) is 0 Å². The van der Waals surface area contributed by atoms with Crippen LogP contribution >= 0.6 is 7.14 Å². The molecule has 42 heavy (non-hydrogen) atoms. The zero-order valence-electron chi connectivity index (χ0n) is 22.8. The average molecular weight is 559 g/mol. The molecule has 3 nitrogen and oxygen atoms in total. The Morgan fingerprint density at radius 2 is 0.929 bits per heavy atom. The fourth-order valence-electron chi connectivity index (χ4n) is 6.31. The highest BCUT2D eigenvalue weighted by atomic mass is 31.2. The maximum Gasteiger partial charge on any atom is 0.171 e. The van der Waals surface area contributed by atoms with Crippen LogP contribution in [0.4, 0.5) is 0 Å². The van der Waals surface area contributed by atoms with Crippen molar-refractivity contribution in [2.75, 3.05) is 0 Å². The van der Waals surface area contributed by atoms with Crippen LogP contribution < -0.4 is 15.9 Å². The number of nitrogens with zero attached hydrogens (tertiary/aromatic N) is 2. The summed E-state index contributed by atoms with van der Waals surface area (Å²) in [6.07, 6.45) is 2.16. The van der Waals surface area contributed by atoms with E-state index < -0.39 is 7.14 Å². The van der Waals surface area contributed by atoms with Gasteiger partial charge in [0.15, 0.2) is 7.14 Å². The highest BCUT2D eigenvalue weighted by molar-refractivity contribution is 7.85. The van der Waals surface area contributed by atoms with Crippen LogP contribution in [0.2, 0.25) is 0 Å². The summed E-state index contributed by atoms with van der Waals surface area (Å²) in [5.41, 5.74) is 5.66. The molecule has 0 unspecified atom stereocenters. The molecule has 0 bridgehead atoms. The minimum atomic E-state index is -3.04. The van der Waals surface area contributed by atoms with Crippen molar-refractivity contribution in [2.24, 2.45) is 0 Å². The van der Waals surface area contributed by atoms with Crippen molar-refractivity contribution >= 4 is 55.8 Å². The van der Waals surface area contributed by atoms with Crippen molar-refractivity contribution < 1.29 is 4.57 Å². The zero-order valence-corrected chi connectivity index (χ0v) is 23.7. The molecule has 0 aliphatic carbocycles. The van der Waals surface area contributed by atoms with Gasteiger partial charge in [-0.3, -0.25) is 0 Å². The van der Waals surface area contributed by atoms with E-state index in [9.17, 15) is 4.57 Å². The molecular weight excluding hydrogens is 531 g/mol. The summed E-state index contributed by atoms with van der Waals surface area (Å²) in [4.78, 5) is 0. The van der Waals surface area contributed by atoms with Gasteiger partial charge in [0, 0.05) is 49.6 Å². The first kappa shape index (κ1) is 24.7. The summed E-state index contributed by atoms with van der Waals surface area (Å²) in [5.74, 6) is 0. The third-order valence-electron chi connectivity index (χ3n) is 8.25. The predicted molar refractivity (Wildman–Crippen MR) is 177 cm³/mol. The molecule has 0 aliphatic heterocycles. The Hall–Kier alpha value is -5.11. The molecule has 0 saturated heterocycles. The Balaban J connectivity index is 1.32. The van der Waals surface area contributed by atoms with Gasteiger partial charge >= 0.3 is 0 Å². The molecule has 0 spiro atoms. The van der Waals surface area contributed by atoms with Crippen molar-refractivity contribution in [3.8, 4) is 11.4 Å². The molecule has 4 heteroatoms. The minimum Gasteiger partial charge on any atom is -0.317 e. The van der Waals surface area contributed by atoms with E-state index >= 15 is 0 Å². The normalized spacial score (nSPS) is 11.9. The Kier molecular flexibility index (Phi) is 5.73. The molecule has 8 aromatic rings. The van der Waals surface area contributed by atoms with Crippen molar-refractivity contribution in [3.05, 3.63) is 164 Å². The van der Waals surface area contributed by atoms with Crippen LogP contribution in [-0.2, 0) is 4.57 Å². The summed E-state index contributed by atoms with van der Waals surface area (Å²) >= 11 is 0. The van der Waals surface area contributed by atoms with Gasteiger partial charge < -0.3 is 13.7 Å². The maximum atomic E-state index is 14.9. The van der Waals surface area contributed by atoms with E-state index in [0.29, 0.717) is 0 Å². The van der Waals surface area contributed by atoms with Gasteiger partial charge in [0.05, 0.1) is 16.6 Å². The lowest BCUT2D eigenvalue weighted by atomic mass is 10.1. The standard InChI is InChI=1S/C38H27N2OP/c41-42(30-14-6-2-7-15-30,31-16-8-3-9-17-31)32-22-20-29(21-23-32)40-36-19-11-10-18-33(36)38-34-26-27-39(28-12-4-1-5-13-28)35(34)24-25-37(38)40/h1-27H. The van der Waals surface area contributed by atoms with Crippen LogP contribution in [0.1, 0.15) is 0 Å². The molecule has 8 rings (SSSR count). The molecule has 2 aromatic heterocycles. The topological polar surface area (TPSA) is 26.9 Å². The van der Waals surface area contributed by atoms with Crippen LogP contribution in [-0.4, -0.2) is 9.13 Å². The second-order valence-corrected chi connectivity index (χ2v) is 13.3. The van der Waals surface area contributed by atoms with Gasteiger partial charge in [-0.1, -0.05) is 97.1 Å². The van der Waals surface area contributed by atoms with Gasteiger partial charge in [0.1, 0.15) is 0 Å². The van der Waals surface area contributed by atoms with Crippen molar-refractivity contribution in [2.45, 2.75) is 0 Å². The number of aromatic nitrogens is 2. The van der Waals surface area contributed by atoms with E-state index in [4.69, 9.17) is 0 Å². The molecule has 0 saturated carbocycles. The van der Waals surface area contributed by atoms with Crippen LogP contribution in [0.3, 0.4) is 0 Å². The predicted octanol–water partition coefficient (Wildman–Crippen LogP) is 8.37. The monoisotopic (exact) mass is 558 g/mol. The number of rotatable bonds is 5. The minimum absolute atomic E-state index is 0.826. The lowest BCUT2D eigenvalue weighted by Crippen LogP contribution is -2.24. The van der Waals surface area contributed by atoms with Gasteiger partial charge in [0.25, 0.3) is 0 Å². The van der Waals surface area contributed by atoms with E-state index in [-0.39, 0.29) is 0 Å². The summed E-state index contributed by atoms with van der Waals surface area (Å²) in [6.45, 7) is 0. The van der Waals surface area contributed by atoms with Crippen molar-refractivity contribution in [3.63, 3.8) is 0 Å². The summed E-state index contributed by atoms with van der Waals surface area (Å²) < 4.78 is 19.5. The SMILES string of the molecule is O=P(c1ccccc1)(c1ccccc1)c1ccc(-n2c3ccccc3c3c4ccn(-c5ccccc5)c4ccc32)cc1. The quantitative estimate of drug-likeness (QED) is 0.195. The van der Waals surface area contributed by atoms with Gasteiger partial charge in [0.2, 0.25) is 0 Å². The number of fused-ring (bicyclic) bond motifs is 5. The van der Waals surface area contributed by atoms with Gasteiger partial charge in [-0.2, -0.15) is 0 Å². The zero-order chi connectivity index (χ0) is 28.1. The average Bonchev–Trinajstić information content (AvgIpc) is 3.65. The van der Waals surface area contributed by atoms with Crippen LogP contribution in [0.15, 0.2) is 164 Å². The van der Waals surface area contributed by atoms with Gasteiger partial charge in [-0.05, 0) is 60.7 Å². The van der Waals surface area contributed by atoms with E-state index in [2.05, 4.69) is 94.2 Å². The highest BCUT2D eigenvalue weighted by Gasteiger charge is 2.29. The van der Waals surface area contributed by atoms with Gasteiger partial charge in [-0.25, -0.2) is 0 Å². The van der Waals surface area contributed by atoms with E-state index in [1.54, 1.807) is 0 Å². The van der Waals surface area contributed by atoms with Crippen LogP contribution in [0, 0.1) is 0 Å². The molecule has 0 atom stereocenters. The first-order valence-corrected chi connectivity index (χ1v) is 15.8. The number of hydrogen-bond acceptors (Lipinski definition) is 1. The third kappa shape index (κ3) is 3.71. The molecule has 0 radical (unpaired) electrons. The highest BCUT2D eigenvalue weighted by Crippen LogP contribution is 2.43. The van der Waals surface area contributed by atoms with Crippen LogP contribution in [0.5, 0.6) is 0 Å². The molecule has 0 aliphatic rings. The number of benzene rings is 6. The molecule has 6 aromatic carbocycles.